The Balaban J connectivity index is 3.16. The van der Waals surface area contributed by atoms with E-state index in [1.54, 1.807) is 0 Å². The van der Waals surface area contributed by atoms with Crippen molar-refractivity contribution in [3.8, 4) is 0 Å². The number of aryl methyl sites for hydroxylation is 1. The van der Waals surface area contributed by atoms with Crippen LogP contribution < -0.4 is 16.7 Å². The number of rotatable bonds is 4. The second kappa shape index (κ2) is 5.52. The molecule has 3 N–H and O–H groups in total. The standard InChI is InChI=1S/C12H18N2O3/c1-7(2)4-5-8-6-9(15)17-11(13)10(8)12(16)14-3/h6-7H,4-5,13H2,1-3H3,(H,14,16). The molecule has 1 amide bonds. The quantitative estimate of drug-likeness (QED) is 0.824. The molecule has 0 bridgehead atoms. The van der Waals surface area contributed by atoms with Gasteiger partial charge in [-0.3, -0.25) is 4.79 Å². The van der Waals surface area contributed by atoms with Gasteiger partial charge in [0.2, 0.25) is 5.88 Å². The van der Waals surface area contributed by atoms with Crippen molar-refractivity contribution in [2.24, 2.45) is 5.92 Å². The van der Waals surface area contributed by atoms with Gasteiger partial charge in [-0.25, -0.2) is 4.79 Å². The van der Waals surface area contributed by atoms with Crippen LogP contribution in [-0.4, -0.2) is 13.0 Å². The summed E-state index contributed by atoms with van der Waals surface area (Å²) in [5, 5.41) is 2.49. The summed E-state index contributed by atoms with van der Waals surface area (Å²) in [6, 6.07) is 1.34. The predicted octanol–water partition coefficient (Wildman–Crippen LogP) is 1.17. The first-order valence-electron chi connectivity index (χ1n) is 5.60. The molecule has 0 aliphatic heterocycles. The molecule has 0 aromatic carbocycles. The lowest BCUT2D eigenvalue weighted by molar-refractivity contribution is 0.0961. The molecule has 0 radical (unpaired) electrons. The highest BCUT2D eigenvalue weighted by Gasteiger charge is 2.17. The molecular weight excluding hydrogens is 220 g/mol. The number of carbonyl (C=O) groups is 1. The van der Waals surface area contributed by atoms with Crippen molar-refractivity contribution in [3.63, 3.8) is 0 Å². The van der Waals surface area contributed by atoms with E-state index in [0.717, 1.165) is 6.42 Å². The Kier molecular flexibility index (Phi) is 4.31. The lowest BCUT2D eigenvalue weighted by atomic mass is 9.99. The molecule has 5 nitrogen and oxygen atoms in total. The van der Waals surface area contributed by atoms with E-state index in [2.05, 4.69) is 19.2 Å². The Bertz CT molecular complexity index is 463. The Morgan fingerprint density at radius 3 is 2.71 bits per heavy atom. The Hall–Kier alpha value is -1.78. The zero-order valence-corrected chi connectivity index (χ0v) is 10.4. The molecule has 5 heteroatoms. The van der Waals surface area contributed by atoms with Crippen LogP contribution in [0.3, 0.4) is 0 Å². The molecule has 17 heavy (non-hydrogen) atoms. The number of nitrogens with one attached hydrogen (secondary N) is 1. The van der Waals surface area contributed by atoms with Gasteiger partial charge < -0.3 is 15.5 Å². The van der Waals surface area contributed by atoms with Gasteiger partial charge in [0.1, 0.15) is 5.56 Å². The first-order valence-corrected chi connectivity index (χ1v) is 5.60. The van der Waals surface area contributed by atoms with Gasteiger partial charge in [0.15, 0.2) is 0 Å². The molecule has 0 aliphatic rings. The van der Waals surface area contributed by atoms with Gasteiger partial charge in [-0.2, -0.15) is 0 Å². The Morgan fingerprint density at radius 2 is 2.18 bits per heavy atom. The highest BCUT2D eigenvalue weighted by atomic mass is 16.4. The summed E-state index contributed by atoms with van der Waals surface area (Å²) in [7, 11) is 1.51. The molecule has 0 atom stereocenters. The summed E-state index contributed by atoms with van der Waals surface area (Å²) < 4.78 is 4.74. The van der Waals surface area contributed by atoms with E-state index in [1.807, 2.05) is 0 Å². The van der Waals surface area contributed by atoms with Crippen molar-refractivity contribution in [1.82, 2.24) is 5.32 Å². The van der Waals surface area contributed by atoms with E-state index in [4.69, 9.17) is 10.2 Å². The molecule has 1 aromatic heterocycles. The maximum atomic E-state index is 11.7. The number of carbonyl (C=O) groups excluding carboxylic acids is 1. The van der Waals surface area contributed by atoms with E-state index in [9.17, 15) is 9.59 Å². The minimum atomic E-state index is -0.520. The molecule has 94 valence electrons. The van der Waals surface area contributed by atoms with Gasteiger partial charge in [0, 0.05) is 13.1 Å². The first kappa shape index (κ1) is 13.3. The summed E-state index contributed by atoms with van der Waals surface area (Å²) in [5.74, 6) is 0.0432. The topological polar surface area (TPSA) is 85.3 Å². The van der Waals surface area contributed by atoms with Crippen molar-refractivity contribution in [2.75, 3.05) is 12.8 Å². The Morgan fingerprint density at radius 1 is 1.53 bits per heavy atom. The summed E-state index contributed by atoms with van der Waals surface area (Å²) in [4.78, 5) is 22.9. The van der Waals surface area contributed by atoms with Gasteiger partial charge in [-0.15, -0.1) is 0 Å². The average Bonchev–Trinajstić information content (AvgIpc) is 2.24. The zero-order chi connectivity index (χ0) is 13.0. The van der Waals surface area contributed by atoms with Crippen molar-refractivity contribution in [3.05, 3.63) is 27.6 Å². The smallest absolute Gasteiger partial charge is 0.337 e. The summed E-state index contributed by atoms with van der Waals surface area (Å²) in [6.45, 7) is 4.16. The van der Waals surface area contributed by atoms with E-state index in [1.165, 1.54) is 13.1 Å². The summed E-state index contributed by atoms with van der Waals surface area (Å²) in [6.07, 6.45) is 1.52. The van der Waals surface area contributed by atoms with Crippen LogP contribution in [-0.2, 0) is 6.42 Å². The minimum Gasteiger partial charge on any atom is -0.406 e. The lowest BCUT2D eigenvalue weighted by Gasteiger charge is -2.10. The maximum absolute atomic E-state index is 11.7. The molecule has 0 saturated heterocycles. The second-order valence-electron chi connectivity index (χ2n) is 4.34. The van der Waals surface area contributed by atoms with E-state index in [0.29, 0.717) is 17.9 Å². The van der Waals surface area contributed by atoms with Gasteiger partial charge >= 0.3 is 5.63 Å². The third-order valence-corrected chi connectivity index (χ3v) is 2.52. The van der Waals surface area contributed by atoms with Crippen molar-refractivity contribution in [2.45, 2.75) is 26.7 Å². The van der Waals surface area contributed by atoms with E-state index < -0.39 is 5.63 Å². The number of hydrogen-bond donors (Lipinski definition) is 2. The van der Waals surface area contributed by atoms with Gasteiger partial charge in [-0.05, 0) is 24.3 Å². The van der Waals surface area contributed by atoms with Crippen LogP contribution in [0.5, 0.6) is 0 Å². The fourth-order valence-electron chi connectivity index (χ4n) is 1.59. The van der Waals surface area contributed by atoms with Gasteiger partial charge in [0.05, 0.1) is 0 Å². The highest BCUT2D eigenvalue weighted by Crippen LogP contribution is 2.18. The van der Waals surface area contributed by atoms with E-state index in [-0.39, 0.29) is 17.4 Å². The molecule has 1 heterocycles. The van der Waals surface area contributed by atoms with Gasteiger partial charge in [0.25, 0.3) is 5.91 Å². The van der Waals surface area contributed by atoms with Crippen LogP contribution in [0.2, 0.25) is 0 Å². The predicted molar refractivity (Wildman–Crippen MR) is 65.9 cm³/mol. The van der Waals surface area contributed by atoms with Crippen LogP contribution in [0.15, 0.2) is 15.3 Å². The van der Waals surface area contributed by atoms with Crippen LogP contribution in [0.25, 0.3) is 0 Å². The fraction of sp³-hybridized carbons (Fsp3) is 0.500. The summed E-state index contributed by atoms with van der Waals surface area (Å²) >= 11 is 0. The SMILES string of the molecule is CNC(=O)c1c(CCC(C)C)cc(=O)oc1N. The van der Waals surface area contributed by atoms with Crippen LogP contribution in [0, 0.1) is 5.92 Å². The number of nitrogen functional groups attached to an aromatic ring is 1. The largest absolute Gasteiger partial charge is 0.406 e. The average molecular weight is 238 g/mol. The van der Waals surface area contributed by atoms with Crippen LogP contribution in [0.1, 0.15) is 36.2 Å². The van der Waals surface area contributed by atoms with Crippen molar-refractivity contribution in [1.29, 1.82) is 0 Å². The van der Waals surface area contributed by atoms with E-state index >= 15 is 0 Å². The minimum absolute atomic E-state index is 0.115. The zero-order valence-electron chi connectivity index (χ0n) is 10.4. The molecule has 0 aliphatic carbocycles. The third kappa shape index (κ3) is 3.34. The number of amides is 1. The van der Waals surface area contributed by atoms with Crippen molar-refractivity contribution < 1.29 is 9.21 Å². The number of nitrogens with two attached hydrogens (primary N) is 1. The monoisotopic (exact) mass is 238 g/mol. The maximum Gasteiger partial charge on any atom is 0.337 e. The molecule has 0 unspecified atom stereocenters. The molecule has 0 fully saturated rings. The van der Waals surface area contributed by atoms with Gasteiger partial charge in [-0.1, -0.05) is 13.8 Å². The molecular formula is C12H18N2O3. The van der Waals surface area contributed by atoms with Crippen LogP contribution in [0.4, 0.5) is 5.88 Å². The number of anilines is 1. The lowest BCUT2D eigenvalue weighted by Crippen LogP contribution is -2.23. The Labute approximate surface area is 100 Å². The van der Waals surface area contributed by atoms with Crippen LogP contribution >= 0.6 is 0 Å². The second-order valence-corrected chi connectivity index (χ2v) is 4.34. The van der Waals surface area contributed by atoms with Crippen molar-refractivity contribution >= 4 is 11.8 Å². The first-order chi connectivity index (χ1) is 7.95. The molecule has 0 spiro atoms. The highest BCUT2D eigenvalue weighted by molar-refractivity contribution is 5.99. The summed E-state index contributed by atoms with van der Waals surface area (Å²) in [5.41, 5.74) is 5.97. The molecule has 1 rings (SSSR count). The fourth-order valence-corrected chi connectivity index (χ4v) is 1.59. The number of hydrogen-bond acceptors (Lipinski definition) is 4. The normalized spacial score (nSPS) is 10.6. The third-order valence-electron chi connectivity index (χ3n) is 2.52. The molecule has 0 saturated carbocycles. The molecule has 1 aromatic rings.